The largest absolute Gasteiger partial charge is 0.493 e. The highest BCUT2D eigenvalue weighted by Gasteiger charge is 2.29. The highest BCUT2D eigenvalue weighted by Crippen LogP contribution is 2.31. The van der Waals surface area contributed by atoms with Gasteiger partial charge in [0.05, 0.1) is 18.6 Å². The number of halogens is 3. The molecule has 0 aromatic heterocycles. The number of carbonyl (C=O) groups excluding carboxylic acids is 1. The molecular formula is C26H24F3NO4. The SMILES string of the molecule is Cc1cc(-c2ccc(C(F)(F)F)cc2)ccc1CCOc1ccc(C(=O)NCCC(=O)O)cc1. The molecule has 5 nitrogen and oxygen atoms in total. The smallest absolute Gasteiger partial charge is 0.416 e. The van der Waals surface area contributed by atoms with Crippen LogP contribution in [0.3, 0.4) is 0 Å². The summed E-state index contributed by atoms with van der Waals surface area (Å²) in [5.41, 5.74) is 3.36. The van der Waals surface area contributed by atoms with Crippen LogP contribution in [-0.2, 0) is 17.4 Å². The number of alkyl halides is 3. The first-order valence-electron chi connectivity index (χ1n) is 10.6. The summed E-state index contributed by atoms with van der Waals surface area (Å²) in [6, 6.07) is 17.4. The second-order valence-electron chi connectivity index (χ2n) is 7.74. The van der Waals surface area contributed by atoms with Gasteiger partial charge in [0, 0.05) is 18.5 Å². The Kier molecular flexibility index (Phi) is 7.94. The van der Waals surface area contributed by atoms with E-state index in [0.29, 0.717) is 29.9 Å². The second kappa shape index (κ2) is 10.9. The minimum Gasteiger partial charge on any atom is -0.493 e. The predicted molar refractivity (Wildman–Crippen MR) is 122 cm³/mol. The van der Waals surface area contributed by atoms with Gasteiger partial charge in [0.2, 0.25) is 0 Å². The molecule has 0 spiro atoms. The lowest BCUT2D eigenvalue weighted by Gasteiger charge is -2.12. The highest BCUT2D eigenvalue weighted by atomic mass is 19.4. The number of aliphatic carboxylic acids is 1. The first-order valence-corrected chi connectivity index (χ1v) is 10.6. The summed E-state index contributed by atoms with van der Waals surface area (Å²) in [5, 5.41) is 11.1. The van der Waals surface area contributed by atoms with E-state index >= 15 is 0 Å². The van der Waals surface area contributed by atoms with Crippen molar-refractivity contribution < 1.29 is 32.6 Å². The van der Waals surface area contributed by atoms with E-state index in [9.17, 15) is 22.8 Å². The standard InChI is InChI=1S/C26H24F3NO4/c1-17-16-21(19-4-8-22(9-5-19)26(27,28)29)3-2-18(17)13-15-34-23-10-6-20(7-11-23)25(33)30-14-12-24(31)32/h2-11,16H,12-15H2,1H3,(H,30,33)(H,31,32). The summed E-state index contributed by atoms with van der Waals surface area (Å²) in [6.45, 7) is 2.41. The molecule has 3 aromatic carbocycles. The van der Waals surface area contributed by atoms with Gasteiger partial charge in [-0.2, -0.15) is 13.2 Å². The van der Waals surface area contributed by atoms with Gasteiger partial charge in [0.1, 0.15) is 5.75 Å². The van der Waals surface area contributed by atoms with Crippen LogP contribution in [-0.4, -0.2) is 30.1 Å². The van der Waals surface area contributed by atoms with Crippen LogP contribution < -0.4 is 10.1 Å². The first-order chi connectivity index (χ1) is 16.1. The molecule has 3 aromatic rings. The molecular weight excluding hydrogens is 447 g/mol. The molecule has 0 saturated carbocycles. The molecule has 0 unspecified atom stereocenters. The third-order valence-corrected chi connectivity index (χ3v) is 5.27. The third kappa shape index (κ3) is 6.84. The maximum Gasteiger partial charge on any atom is 0.416 e. The van der Waals surface area contributed by atoms with Crippen molar-refractivity contribution in [2.45, 2.75) is 25.9 Å². The van der Waals surface area contributed by atoms with Crippen LogP contribution in [0.2, 0.25) is 0 Å². The van der Waals surface area contributed by atoms with Crippen molar-refractivity contribution >= 4 is 11.9 Å². The van der Waals surface area contributed by atoms with Crippen LogP contribution in [0.15, 0.2) is 66.7 Å². The third-order valence-electron chi connectivity index (χ3n) is 5.27. The molecule has 0 fully saturated rings. The van der Waals surface area contributed by atoms with Crippen LogP contribution in [0.4, 0.5) is 13.2 Å². The molecule has 3 rings (SSSR count). The molecule has 0 aliphatic carbocycles. The van der Waals surface area contributed by atoms with E-state index in [0.717, 1.165) is 28.8 Å². The quantitative estimate of drug-likeness (QED) is 0.432. The number of rotatable bonds is 9. The lowest BCUT2D eigenvalue weighted by Crippen LogP contribution is -2.25. The van der Waals surface area contributed by atoms with E-state index in [1.54, 1.807) is 24.3 Å². The molecule has 0 radical (unpaired) electrons. The Morgan fingerprint density at radius 1 is 0.941 bits per heavy atom. The van der Waals surface area contributed by atoms with Gasteiger partial charge in [-0.05, 0) is 65.6 Å². The minimum atomic E-state index is -4.35. The number of carbonyl (C=O) groups is 2. The Bertz CT molecular complexity index is 1140. The van der Waals surface area contributed by atoms with E-state index in [-0.39, 0.29) is 18.9 Å². The Morgan fingerprint density at radius 3 is 2.18 bits per heavy atom. The van der Waals surface area contributed by atoms with Crippen LogP contribution in [0.5, 0.6) is 5.75 Å². The lowest BCUT2D eigenvalue weighted by atomic mass is 9.98. The predicted octanol–water partition coefficient (Wildman–Crippen LogP) is 5.51. The summed E-state index contributed by atoms with van der Waals surface area (Å²) >= 11 is 0. The number of carboxylic acid groups (broad SMARTS) is 1. The van der Waals surface area contributed by atoms with Crippen LogP contribution in [0, 0.1) is 6.92 Å². The fourth-order valence-electron chi connectivity index (χ4n) is 3.37. The molecule has 8 heteroatoms. The van der Waals surface area contributed by atoms with Crippen molar-refractivity contribution in [3.05, 3.63) is 89.0 Å². The number of ether oxygens (including phenoxy) is 1. The molecule has 0 aliphatic rings. The van der Waals surface area contributed by atoms with Crippen LogP contribution >= 0.6 is 0 Å². The molecule has 1 amide bonds. The summed E-state index contributed by atoms with van der Waals surface area (Å²) in [7, 11) is 0. The van der Waals surface area contributed by atoms with Gasteiger partial charge >= 0.3 is 12.1 Å². The van der Waals surface area contributed by atoms with E-state index in [1.807, 2.05) is 25.1 Å². The second-order valence-corrected chi connectivity index (χ2v) is 7.74. The summed E-state index contributed by atoms with van der Waals surface area (Å²) in [4.78, 5) is 22.5. The zero-order valence-corrected chi connectivity index (χ0v) is 18.5. The zero-order chi connectivity index (χ0) is 24.7. The Morgan fingerprint density at radius 2 is 1.59 bits per heavy atom. The van der Waals surface area contributed by atoms with Crippen molar-refractivity contribution in [3.8, 4) is 16.9 Å². The van der Waals surface area contributed by atoms with E-state index in [1.165, 1.54) is 12.1 Å². The number of aryl methyl sites for hydroxylation is 1. The molecule has 34 heavy (non-hydrogen) atoms. The van der Waals surface area contributed by atoms with Crippen molar-refractivity contribution in [1.82, 2.24) is 5.32 Å². The first kappa shape index (κ1) is 24.8. The molecule has 0 bridgehead atoms. The molecule has 0 saturated heterocycles. The number of carboxylic acids is 1. The molecule has 2 N–H and O–H groups in total. The van der Waals surface area contributed by atoms with Crippen molar-refractivity contribution in [2.24, 2.45) is 0 Å². The van der Waals surface area contributed by atoms with Crippen LogP contribution in [0.1, 0.15) is 33.5 Å². The Balaban J connectivity index is 1.53. The maximum absolute atomic E-state index is 12.8. The maximum atomic E-state index is 12.8. The average molecular weight is 471 g/mol. The van der Waals surface area contributed by atoms with Gasteiger partial charge < -0.3 is 15.2 Å². The van der Waals surface area contributed by atoms with Gasteiger partial charge in [-0.25, -0.2) is 0 Å². The lowest BCUT2D eigenvalue weighted by molar-refractivity contribution is -0.138. The molecule has 0 aliphatic heterocycles. The van der Waals surface area contributed by atoms with E-state index in [2.05, 4.69) is 5.32 Å². The Labute approximate surface area is 195 Å². The number of hydrogen-bond acceptors (Lipinski definition) is 3. The van der Waals surface area contributed by atoms with Crippen molar-refractivity contribution in [2.75, 3.05) is 13.2 Å². The molecule has 0 heterocycles. The van der Waals surface area contributed by atoms with E-state index in [4.69, 9.17) is 9.84 Å². The molecule has 178 valence electrons. The van der Waals surface area contributed by atoms with Crippen LogP contribution in [0.25, 0.3) is 11.1 Å². The van der Waals surface area contributed by atoms with Crippen molar-refractivity contribution in [3.63, 3.8) is 0 Å². The van der Waals surface area contributed by atoms with Crippen molar-refractivity contribution in [1.29, 1.82) is 0 Å². The van der Waals surface area contributed by atoms with Gasteiger partial charge in [-0.3, -0.25) is 9.59 Å². The number of amides is 1. The van der Waals surface area contributed by atoms with Gasteiger partial charge in [-0.15, -0.1) is 0 Å². The van der Waals surface area contributed by atoms with Gasteiger partial charge in [-0.1, -0.05) is 30.3 Å². The highest BCUT2D eigenvalue weighted by molar-refractivity contribution is 5.94. The number of benzene rings is 3. The monoisotopic (exact) mass is 471 g/mol. The Hall–Kier alpha value is -3.81. The average Bonchev–Trinajstić information content (AvgIpc) is 2.80. The van der Waals surface area contributed by atoms with E-state index < -0.39 is 17.7 Å². The fraction of sp³-hybridized carbons (Fsp3) is 0.231. The number of nitrogens with one attached hydrogen (secondary N) is 1. The minimum absolute atomic E-state index is 0.0590. The zero-order valence-electron chi connectivity index (χ0n) is 18.5. The summed E-state index contributed by atoms with van der Waals surface area (Å²) in [6.07, 6.45) is -3.86. The normalized spacial score (nSPS) is 11.2. The van der Waals surface area contributed by atoms with Gasteiger partial charge in [0.15, 0.2) is 0 Å². The topological polar surface area (TPSA) is 75.6 Å². The summed E-state index contributed by atoms with van der Waals surface area (Å²) in [5.74, 6) is -0.730. The summed E-state index contributed by atoms with van der Waals surface area (Å²) < 4.78 is 44.0. The van der Waals surface area contributed by atoms with Gasteiger partial charge in [0.25, 0.3) is 5.91 Å². The fourth-order valence-corrected chi connectivity index (χ4v) is 3.37. The number of hydrogen-bond donors (Lipinski definition) is 2. The molecule has 0 atom stereocenters.